The van der Waals surface area contributed by atoms with Crippen molar-refractivity contribution in [2.75, 3.05) is 6.61 Å². The molecule has 2 atom stereocenters. The van der Waals surface area contributed by atoms with E-state index in [0.717, 1.165) is 38.5 Å². The van der Waals surface area contributed by atoms with Gasteiger partial charge >= 0.3 is 0 Å². The summed E-state index contributed by atoms with van der Waals surface area (Å²) in [5.41, 5.74) is 0. The van der Waals surface area contributed by atoms with E-state index in [-0.39, 0.29) is 12.5 Å². The third kappa shape index (κ3) is 37.7. The van der Waals surface area contributed by atoms with Gasteiger partial charge in [-0.1, -0.05) is 211 Å². The Morgan fingerprint density at radius 3 is 1.18 bits per heavy atom. The highest BCUT2D eigenvalue weighted by Gasteiger charge is 2.17. The van der Waals surface area contributed by atoms with E-state index in [1.807, 2.05) is 6.08 Å². The largest absolute Gasteiger partial charge is 0.394 e. The van der Waals surface area contributed by atoms with Gasteiger partial charge in [-0.3, -0.25) is 4.79 Å². The molecular weight excluding hydrogens is 602 g/mol. The van der Waals surface area contributed by atoms with Crippen LogP contribution in [-0.4, -0.2) is 34.9 Å². The number of rotatable bonds is 39. The average Bonchev–Trinajstić information content (AvgIpc) is 3.10. The number of carbonyl (C=O) groups is 1. The molecule has 0 aliphatic rings. The lowest BCUT2D eigenvalue weighted by molar-refractivity contribution is -0.123. The minimum Gasteiger partial charge on any atom is -0.394 e. The predicted octanol–water partition coefficient (Wildman–Crippen LogP) is 13.4. The van der Waals surface area contributed by atoms with Crippen LogP contribution in [0.2, 0.25) is 0 Å². The van der Waals surface area contributed by atoms with Crippen LogP contribution in [-0.2, 0) is 4.79 Å². The fourth-order valence-electron chi connectivity index (χ4n) is 6.50. The van der Waals surface area contributed by atoms with Gasteiger partial charge in [0, 0.05) is 6.42 Å². The van der Waals surface area contributed by atoms with Crippen molar-refractivity contribution in [2.45, 2.75) is 238 Å². The van der Waals surface area contributed by atoms with Crippen LogP contribution in [0.5, 0.6) is 0 Å². The lowest BCUT2D eigenvalue weighted by Gasteiger charge is -2.19. The fraction of sp³-hybridized carbons (Fsp3) is 0.844. The van der Waals surface area contributed by atoms with E-state index in [9.17, 15) is 15.0 Å². The van der Waals surface area contributed by atoms with Crippen molar-refractivity contribution in [3.8, 4) is 0 Å². The molecular formula is C45H85NO3. The van der Waals surface area contributed by atoms with Gasteiger partial charge in [0.25, 0.3) is 0 Å². The highest BCUT2D eigenvalue weighted by atomic mass is 16.3. The van der Waals surface area contributed by atoms with Gasteiger partial charge in [-0.25, -0.2) is 0 Å². The van der Waals surface area contributed by atoms with E-state index >= 15 is 0 Å². The number of carbonyl (C=O) groups excluding carboxylic acids is 1. The summed E-state index contributed by atoms with van der Waals surface area (Å²) in [5.74, 6) is -0.0816. The Morgan fingerprint density at radius 1 is 0.469 bits per heavy atom. The van der Waals surface area contributed by atoms with Crippen LogP contribution in [0.1, 0.15) is 226 Å². The predicted molar refractivity (Wildman–Crippen MR) is 216 cm³/mol. The average molecular weight is 688 g/mol. The van der Waals surface area contributed by atoms with Crippen LogP contribution in [0, 0.1) is 0 Å². The number of amides is 1. The second-order valence-electron chi connectivity index (χ2n) is 14.8. The van der Waals surface area contributed by atoms with Crippen molar-refractivity contribution in [3.63, 3.8) is 0 Å². The topological polar surface area (TPSA) is 69.6 Å². The quantitative estimate of drug-likeness (QED) is 0.0445. The van der Waals surface area contributed by atoms with Crippen LogP contribution in [0.25, 0.3) is 0 Å². The highest BCUT2D eigenvalue weighted by molar-refractivity contribution is 5.76. The van der Waals surface area contributed by atoms with E-state index in [1.54, 1.807) is 6.08 Å². The van der Waals surface area contributed by atoms with Crippen molar-refractivity contribution in [3.05, 3.63) is 36.5 Å². The summed E-state index contributed by atoms with van der Waals surface area (Å²) in [6, 6.07) is -0.640. The molecule has 1 amide bonds. The molecule has 3 N–H and O–H groups in total. The zero-order chi connectivity index (χ0) is 35.7. The van der Waals surface area contributed by atoms with E-state index in [4.69, 9.17) is 0 Å². The SMILES string of the molecule is CCCCCCCCCCCCCCCCCCCC/C=C/CC/C=C/CC/C=C/C(O)C(CO)NC(=O)CCCCCCCCCCC. The summed E-state index contributed by atoms with van der Waals surface area (Å²) in [4.78, 5) is 12.3. The Labute approximate surface area is 306 Å². The monoisotopic (exact) mass is 688 g/mol. The summed E-state index contributed by atoms with van der Waals surface area (Å²) < 4.78 is 0. The van der Waals surface area contributed by atoms with E-state index in [1.165, 1.54) is 167 Å². The van der Waals surface area contributed by atoms with Crippen LogP contribution in [0.15, 0.2) is 36.5 Å². The van der Waals surface area contributed by atoms with Gasteiger partial charge in [0.05, 0.1) is 18.8 Å². The van der Waals surface area contributed by atoms with Gasteiger partial charge < -0.3 is 15.5 Å². The summed E-state index contributed by atoms with van der Waals surface area (Å²) in [6.07, 6.45) is 54.2. The number of hydrogen-bond acceptors (Lipinski definition) is 3. The molecule has 0 radical (unpaired) electrons. The summed E-state index contributed by atoms with van der Waals surface area (Å²) in [5, 5.41) is 22.9. The summed E-state index contributed by atoms with van der Waals surface area (Å²) in [6.45, 7) is 4.27. The summed E-state index contributed by atoms with van der Waals surface area (Å²) in [7, 11) is 0. The van der Waals surface area contributed by atoms with Gasteiger partial charge in [-0.15, -0.1) is 0 Å². The lowest BCUT2D eigenvalue weighted by Crippen LogP contribution is -2.45. The standard InChI is InChI=1S/C45H85NO3/c1-3-5-7-9-11-13-14-15-16-17-18-19-20-21-22-23-24-25-26-27-28-29-30-31-33-34-36-38-40-44(48)43(42-47)46-45(49)41-39-37-35-32-12-10-8-6-4-2/h27-28,31,33,38,40,43-44,47-48H,3-26,29-30,32,34-37,39,41-42H2,1-2H3,(H,46,49)/b28-27+,33-31+,40-38+. The first-order valence-electron chi connectivity index (χ1n) is 21.7. The van der Waals surface area contributed by atoms with Gasteiger partial charge in [-0.2, -0.15) is 0 Å². The van der Waals surface area contributed by atoms with Crippen molar-refractivity contribution in [1.82, 2.24) is 5.32 Å². The normalized spacial score (nSPS) is 13.3. The van der Waals surface area contributed by atoms with E-state index in [0.29, 0.717) is 6.42 Å². The van der Waals surface area contributed by atoms with E-state index < -0.39 is 12.1 Å². The Morgan fingerprint density at radius 2 is 0.796 bits per heavy atom. The smallest absolute Gasteiger partial charge is 0.220 e. The third-order valence-electron chi connectivity index (χ3n) is 9.85. The molecule has 288 valence electrons. The molecule has 0 aliphatic heterocycles. The molecule has 0 aromatic heterocycles. The fourth-order valence-corrected chi connectivity index (χ4v) is 6.50. The number of hydrogen-bond donors (Lipinski definition) is 3. The first-order chi connectivity index (χ1) is 24.2. The molecule has 49 heavy (non-hydrogen) atoms. The van der Waals surface area contributed by atoms with Crippen molar-refractivity contribution >= 4 is 5.91 Å². The van der Waals surface area contributed by atoms with Crippen LogP contribution < -0.4 is 5.32 Å². The third-order valence-corrected chi connectivity index (χ3v) is 9.85. The van der Waals surface area contributed by atoms with Crippen molar-refractivity contribution < 1.29 is 15.0 Å². The summed E-state index contributed by atoms with van der Waals surface area (Å²) >= 11 is 0. The minimum atomic E-state index is -0.866. The molecule has 4 heteroatoms. The van der Waals surface area contributed by atoms with Crippen molar-refractivity contribution in [2.24, 2.45) is 0 Å². The molecule has 2 unspecified atom stereocenters. The zero-order valence-electron chi connectivity index (χ0n) is 33.0. The van der Waals surface area contributed by atoms with Gasteiger partial charge in [0.15, 0.2) is 0 Å². The maximum Gasteiger partial charge on any atom is 0.220 e. The second kappa shape index (κ2) is 41.0. The number of unbranched alkanes of at least 4 members (excludes halogenated alkanes) is 28. The van der Waals surface area contributed by atoms with Gasteiger partial charge in [-0.05, 0) is 44.9 Å². The zero-order valence-corrected chi connectivity index (χ0v) is 33.0. The van der Waals surface area contributed by atoms with E-state index in [2.05, 4.69) is 43.5 Å². The molecule has 4 nitrogen and oxygen atoms in total. The molecule has 0 aromatic rings. The molecule has 0 saturated heterocycles. The molecule has 0 rings (SSSR count). The molecule has 0 bridgehead atoms. The second-order valence-corrected chi connectivity index (χ2v) is 14.8. The highest BCUT2D eigenvalue weighted by Crippen LogP contribution is 2.15. The van der Waals surface area contributed by atoms with Gasteiger partial charge in [0.1, 0.15) is 0 Å². The molecule has 0 saturated carbocycles. The van der Waals surface area contributed by atoms with Crippen LogP contribution in [0.4, 0.5) is 0 Å². The number of allylic oxidation sites excluding steroid dienone is 5. The minimum absolute atomic E-state index is 0.0816. The molecule has 0 spiro atoms. The van der Waals surface area contributed by atoms with Gasteiger partial charge in [0.2, 0.25) is 5.91 Å². The Balaban J connectivity index is 3.56. The maximum atomic E-state index is 12.3. The number of aliphatic hydroxyl groups is 2. The van der Waals surface area contributed by atoms with Crippen LogP contribution >= 0.6 is 0 Å². The Bertz CT molecular complexity index is 746. The molecule has 0 aliphatic carbocycles. The van der Waals surface area contributed by atoms with Crippen LogP contribution in [0.3, 0.4) is 0 Å². The van der Waals surface area contributed by atoms with Crippen molar-refractivity contribution in [1.29, 1.82) is 0 Å². The molecule has 0 heterocycles. The maximum absolute atomic E-state index is 12.3. The molecule has 0 fully saturated rings. The lowest BCUT2D eigenvalue weighted by atomic mass is 10.0. The first-order valence-corrected chi connectivity index (χ1v) is 21.7. The number of aliphatic hydroxyl groups excluding tert-OH is 2. The Hall–Kier alpha value is -1.39. The first kappa shape index (κ1) is 47.6. The number of nitrogens with one attached hydrogen (secondary N) is 1. The molecule has 0 aromatic carbocycles. The Kier molecular flexibility index (Phi) is 39.9.